The molecule has 1 N–H and O–H groups in total. The molecule has 1 aromatic rings. The fourth-order valence-electron chi connectivity index (χ4n) is 1.31. The molecule has 0 aromatic heterocycles. The summed E-state index contributed by atoms with van der Waals surface area (Å²) in [6.45, 7) is 1.57. The average molecular weight is 287 g/mol. The van der Waals surface area contributed by atoms with E-state index in [0.717, 1.165) is 17.3 Å². The summed E-state index contributed by atoms with van der Waals surface area (Å²) in [6.07, 6.45) is 0. The van der Waals surface area contributed by atoms with Crippen LogP contribution in [-0.2, 0) is 10.5 Å². The van der Waals surface area contributed by atoms with Gasteiger partial charge in [0.25, 0.3) is 0 Å². The molecule has 0 aliphatic heterocycles. The molecule has 0 saturated carbocycles. The number of benzene rings is 1. The van der Waals surface area contributed by atoms with Crippen molar-refractivity contribution in [1.82, 2.24) is 10.2 Å². The van der Waals surface area contributed by atoms with E-state index in [0.29, 0.717) is 12.3 Å². The molecule has 5 heteroatoms. The Hall–Kier alpha value is -0.710. The Morgan fingerprint density at radius 1 is 1.33 bits per heavy atom. The van der Waals surface area contributed by atoms with E-state index in [9.17, 15) is 4.79 Å². The molecule has 0 fully saturated rings. The molecule has 3 nitrogen and oxygen atoms in total. The van der Waals surface area contributed by atoms with Crippen LogP contribution in [0.2, 0.25) is 5.02 Å². The monoisotopic (exact) mass is 286 g/mol. The van der Waals surface area contributed by atoms with E-state index in [4.69, 9.17) is 11.6 Å². The Morgan fingerprint density at radius 2 is 2.00 bits per heavy atom. The number of thioether (sulfide) groups is 1. The lowest BCUT2D eigenvalue weighted by Gasteiger charge is -2.10. The minimum Gasteiger partial charge on any atom is -0.354 e. The van der Waals surface area contributed by atoms with Crippen molar-refractivity contribution >= 4 is 29.3 Å². The van der Waals surface area contributed by atoms with Crippen molar-refractivity contribution in [2.75, 3.05) is 32.9 Å². The molecule has 100 valence electrons. The van der Waals surface area contributed by atoms with Gasteiger partial charge in [0.1, 0.15) is 0 Å². The highest BCUT2D eigenvalue weighted by Gasteiger charge is 2.01. The van der Waals surface area contributed by atoms with Gasteiger partial charge < -0.3 is 10.2 Å². The zero-order valence-electron chi connectivity index (χ0n) is 10.8. The molecule has 0 unspecified atom stereocenters. The van der Waals surface area contributed by atoms with E-state index in [2.05, 4.69) is 5.32 Å². The van der Waals surface area contributed by atoms with Crippen molar-refractivity contribution in [3.8, 4) is 0 Å². The largest absolute Gasteiger partial charge is 0.354 e. The second-order valence-corrected chi connectivity index (χ2v) is 5.69. The third kappa shape index (κ3) is 6.89. The molecule has 18 heavy (non-hydrogen) atoms. The summed E-state index contributed by atoms with van der Waals surface area (Å²) in [5, 5.41) is 3.63. The Bertz CT molecular complexity index is 368. The van der Waals surface area contributed by atoms with Gasteiger partial charge in [-0.15, -0.1) is 11.8 Å². The van der Waals surface area contributed by atoms with Gasteiger partial charge in [-0.3, -0.25) is 4.79 Å². The van der Waals surface area contributed by atoms with E-state index in [1.54, 1.807) is 11.8 Å². The number of halogens is 1. The first kappa shape index (κ1) is 15.3. The normalized spacial score (nSPS) is 10.7. The van der Waals surface area contributed by atoms with Crippen molar-refractivity contribution in [2.45, 2.75) is 5.75 Å². The van der Waals surface area contributed by atoms with Gasteiger partial charge in [-0.2, -0.15) is 0 Å². The van der Waals surface area contributed by atoms with Crippen LogP contribution in [0.25, 0.3) is 0 Å². The summed E-state index contributed by atoms with van der Waals surface area (Å²) in [6, 6.07) is 7.71. The molecule has 0 radical (unpaired) electrons. The second kappa shape index (κ2) is 8.40. The Labute approximate surface area is 118 Å². The first-order chi connectivity index (χ1) is 8.58. The summed E-state index contributed by atoms with van der Waals surface area (Å²) in [5.74, 6) is 1.42. The molecule has 0 bridgehead atoms. The maximum Gasteiger partial charge on any atom is 0.230 e. The van der Waals surface area contributed by atoms with Crippen LogP contribution in [0.1, 0.15) is 5.56 Å². The number of carbonyl (C=O) groups excluding carboxylic acids is 1. The number of hydrogen-bond acceptors (Lipinski definition) is 3. The zero-order chi connectivity index (χ0) is 13.4. The van der Waals surface area contributed by atoms with Gasteiger partial charge in [0.15, 0.2) is 0 Å². The maximum atomic E-state index is 11.5. The van der Waals surface area contributed by atoms with E-state index >= 15 is 0 Å². The van der Waals surface area contributed by atoms with Crippen molar-refractivity contribution in [3.05, 3.63) is 34.9 Å². The number of nitrogens with one attached hydrogen (secondary N) is 1. The van der Waals surface area contributed by atoms with Crippen LogP contribution >= 0.6 is 23.4 Å². The van der Waals surface area contributed by atoms with Crippen LogP contribution < -0.4 is 5.32 Å². The van der Waals surface area contributed by atoms with E-state index in [-0.39, 0.29) is 5.91 Å². The number of likely N-dealkylation sites (N-methyl/N-ethyl adjacent to an activating group) is 1. The maximum absolute atomic E-state index is 11.5. The highest BCUT2D eigenvalue weighted by Crippen LogP contribution is 2.15. The van der Waals surface area contributed by atoms with Crippen LogP contribution in [0.4, 0.5) is 0 Å². The molecule has 1 aromatic carbocycles. The number of carbonyl (C=O) groups is 1. The third-order valence-corrected chi connectivity index (χ3v) is 3.55. The lowest BCUT2D eigenvalue weighted by molar-refractivity contribution is -0.118. The molecule has 0 saturated heterocycles. The minimum atomic E-state index is 0.0933. The van der Waals surface area contributed by atoms with Crippen LogP contribution in [0.3, 0.4) is 0 Å². The number of hydrogen-bond donors (Lipinski definition) is 1. The fraction of sp³-hybridized carbons (Fsp3) is 0.462. The van der Waals surface area contributed by atoms with Crippen LogP contribution in [-0.4, -0.2) is 43.7 Å². The van der Waals surface area contributed by atoms with Crippen molar-refractivity contribution in [3.63, 3.8) is 0 Å². The van der Waals surface area contributed by atoms with Crippen molar-refractivity contribution in [1.29, 1.82) is 0 Å². The molecule has 0 aliphatic rings. The predicted molar refractivity (Wildman–Crippen MR) is 79.2 cm³/mol. The highest BCUT2D eigenvalue weighted by molar-refractivity contribution is 7.99. The summed E-state index contributed by atoms with van der Waals surface area (Å²) in [7, 11) is 3.98. The number of rotatable bonds is 7. The quantitative estimate of drug-likeness (QED) is 0.834. The smallest absolute Gasteiger partial charge is 0.230 e. The van der Waals surface area contributed by atoms with Crippen LogP contribution in [0.5, 0.6) is 0 Å². The minimum absolute atomic E-state index is 0.0933. The van der Waals surface area contributed by atoms with Gasteiger partial charge >= 0.3 is 0 Å². The zero-order valence-corrected chi connectivity index (χ0v) is 12.4. The van der Waals surface area contributed by atoms with E-state index < -0.39 is 0 Å². The van der Waals surface area contributed by atoms with Gasteiger partial charge in [0.05, 0.1) is 5.75 Å². The summed E-state index contributed by atoms with van der Waals surface area (Å²) >= 11 is 7.41. The summed E-state index contributed by atoms with van der Waals surface area (Å²) < 4.78 is 0. The fourth-order valence-corrected chi connectivity index (χ4v) is 2.26. The highest BCUT2D eigenvalue weighted by atomic mass is 35.5. The third-order valence-electron chi connectivity index (χ3n) is 2.30. The van der Waals surface area contributed by atoms with Crippen LogP contribution in [0, 0.1) is 0 Å². The lowest BCUT2D eigenvalue weighted by atomic mass is 10.2. The number of nitrogens with zero attached hydrogens (tertiary/aromatic N) is 1. The van der Waals surface area contributed by atoms with E-state index in [1.165, 1.54) is 5.56 Å². The average Bonchev–Trinajstić information content (AvgIpc) is 2.31. The van der Waals surface area contributed by atoms with Gasteiger partial charge in [-0.1, -0.05) is 23.7 Å². The van der Waals surface area contributed by atoms with Gasteiger partial charge in [0.2, 0.25) is 5.91 Å². The van der Waals surface area contributed by atoms with E-state index in [1.807, 2.05) is 43.3 Å². The first-order valence-electron chi connectivity index (χ1n) is 5.81. The summed E-state index contributed by atoms with van der Waals surface area (Å²) in [4.78, 5) is 13.5. The van der Waals surface area contributed by atoms with Gasteiger partial charge in [-0.25, -0.2) is 0 Å². The SMILES string of the molecule is CN(C)CCNC(=O)CSCc1ccc(Cl)cc1. The molecule has 0 spiro atoms. The Morgan fingerprint density at radius 3 is 2.61 bits per heavy atom. The molecule has 1 rings (SSSR count). The van der Waals surface area contributed by atoms with Crippen LogP contribution in [0.15, 0.2) is 24.3 Å². The van der Waals surface area contributed by atoms with Gasteiger partial charge in [-0.05, 0) is 31.8 Å². The molecular weight excluding hydrogens is 268 g/mol. The van der Waals surface area contributed by atoms with Crippen molar-refractivity contribution in [2.24, 2.45) is 0 Å². The Balaban J connectivity index is 2.13. The number of amides is 1. The summed E-state index contributed by atoms with van der Waals surface area (Å²) in [5.41, 5.74) is 1.19. The van der Waals surface area contributed by atoms with Gasteiger partial charge in [0, 0.05) is 23.9 Å². The lowest BCUT2D eigenvalue weighted by Crippen LogP contribution is -2.32. The predicted octanol–water partition coefficient (Wildman–Crippen LogP) is 2.25. The topological polar surface area (TPSA) is 32.3 Å². The standard InChI is InChI=1S/C13H19ClN2OS/c1-16(2)8-7-15-13(17)10-18-9-11-3-5-12(14)6-4-11/h3-6H,7-10H2,1-2H3,(H,15,17). The van der Waals surface area contributed by atoms with Crippen molar-refractivity contribution < 1.29 is 4.79 Å². The molecule has 1 amide bonds. The molecule has 0 aliphatic carbocycles. The molecule has 0 atom stereocenters. The Kier molecular flexibility index (Phi) is 7.16. The molecular formula is C13H19ClN2OS. The first-order valence-corrected chi connectivity index (χ1v) is 7.35. The molecule has 0 heterocycles. The second-order valence-electron chi connectivity index (χ2n) is 4.27.